The highest BCUT2D eigenvalue weighted by atomic mass is 19.4. The van der Waals surface area contributed by atoms with E-state index in [2.05, 4.69) is 20.3 Å². The quantitative estimate of drug-likeness (QED) is 0.907. The Morgan fingerprint density at radius 1 is 1.50 bits per heavy atom. The molecular formula is C12H12F3N3O2. The van der Waals surface area contributed by atoms with Crippen LogP contribution in [0.3, 0.4) is 0 Å². The first-order valence-corrected chi connectivity index (χ1v) is 5.78. The number of aromatic amines is 1. The van der Waals surface area contributed by atoms with Crippen molar-refractivity contribution in [2.24, 2.45) is 0 Å². The van der Waals surface area contributed by atoms with E-state index in [1.165, 1.54) is 6.92 Å². The number of ether oxygens (including phenoxy) is 1. The first kappa shape index (κ1) is 14.3. The van der Waals surface area contributed by atoms with Gasteiger partial charge in [-0.25, -0.2) is 0 Å². The SMILES string of the molecule is C[C@@H](OCC(F)(F)F)C(=O)Nc1cccc2cn[nH]c12. The van der Waals surface area contributed by atoms with Crippen LogP contribution in [0.4, 0.5) is 18.9 Å². The molecule has 0 saturated carbocycles. The molecule has 1 aromatic carbocycles. The Bertz CT molecular complexity index is 609. The molecule has 0 spiro atoms. The molecule has 2 rings (SSSR count). The molecule has 1 atom stereocenters. The molecule has 1 amide bonds. The lowest BCUT2D eigenvalue weighted by atomic mass is 10.2. The summed E-state index contributed by atoms with van der Waals surface area (Å²) in [7, 11) is 0. The standard InChI is InChI=1S/C12H12F3N3O2/c1-7(20-6-12(13,14)15)11(19)17-9-4-2-3-8-5-16-18-10(8)9/h2-5,7H,6H2,1H3,(H,16,18)(H,17,19)/t7-/m1/s1. The summed E-state index contributed by atoms with van der Waals surface area (Å²) in [4.78, 5) is 11.8. The maximum absolute atomic E-state index is 12.0. The second kappa shape index (κ2) is 5.49. The van der Waals surface area contributed by atoms with Crippen LogP contribution >= 0.6 is 0 Å². The first-order valence-electron chi connectivity index (χ1n) is 5.78. The van der Waals surface area contributed by atoms with Gasteiger partial charge in [-0.2, -0.15) is 18.3 Å². The van der Waals surface area contributed by atoms with Gasteiger partial charge in [0.2, 0.25) is 0 Å². The van der Waals surface area contributed by atoms with E-state index >= 15 is 0 Å². The Balaban J connectivity index is 2.02. The Labute approximate surface area is 112 Å². The van der Waals surface area contributed by atoms with Crippen LogP contribution in [0.25, 0.3) is 10.9 Å². The summed E-state index contributed by atoms with van der Waals surface area (Å²) in [5.41, 5.74) is 1.04. The number of carbonyl (C=O) groups is 1. The molecule has 0 aliphatic heterocycles. The minimum atomic E-state index is -4.46. The van der Waals surface area contributed by atoms with E-state index in [9.17, 15) is 18.0 Å². The van der Waals surface area contributed by atoms with Crippen molar-refractivity contribution in [2.45, 2.75) is 19.2 Å². The number of nitrogens with zero attached hydrogens (tertiary/aromatic N) is 1. The molecule has 0 aliphatic rings. The molecule has 0 unspecified atom stereocenters. The molecule has 1 heterocycles. The number of H-pyrrole nitrogens is 1. The minimum Gasteiger partial charge on any atom is -0.359 e. The van der Waals surface area contributed by atoms with Gasteiger partial charge in [-0.3, -0.25) is 9.89 Å². The molecule has 1 aromatic heterocycles. The summed E-state index contributed by atoms with van der Waals surface area (Å²) in [6, 6.07) is 5.11. The lowest BCUT2D eigenvalue weighted by Crippen LogP contribution is -2.31. The first-order chi connectivity index (χ1) is 9.37. The summed E-state index contributed by atoms with van der Waals surface area (Å²) in [6.07, 6.45) is -4.10. The van der Waals surface area contributed by atoms with Crippen molar-refractivity contribution in [1.29, 1.82) is 0 Å². The van der Waals surface area contributed by atoms with Crippen molar-refractivity contribution in [3.63, 3.8) is 0 Å². The van der Waals surface area contributed by atoms with Crippen molar-refractivity contribution in [2.75, 3.05) is 11.9 Å². The maximum atomic E-state index is 12.0. The number of nitrogens with one attached hydrogen (secondary N) is 2. The number of hydrogen-bond acceptors (Lipinski definition) is 3. The largest absolute Gasteiger partial charge is 0.411 e. The van der Waals surface area contributed by atoms with E-state index in [1.807, 2.05) is 0 Å². The third-order valence-corrected chi connectivity index (χ3v) is 2.60. The van der Waals surface area contributed by atoms with E-state index in [4.69, 9.17) is 0 Å². The third kappa shape index (κ3) is 3.47. The van der Waals surface area contributed by atoms with E-state index in [0.29, 0.717) is 11.2 Å². The normalized spacial score (nSPS) is 13.4. The number of hydrogen-bond donors (Lipinski definition) is 2. The molecule has 8 heteroatoms. The fourth-order valence-electron chi connectivity index (χ4n) is 1.60. The number of fused-ring (bicyclic) bond motifs is 1. The van der Waals surface area contributed by atoms with Crippen LogP contribution in [-0.2, 0) is 9.53 Å². The molecule has 5 nitrogen and oxygen atoms in total. The van der Waals surface area contributed by atoms with E-state index in [0.717, 1.165) is 5.39 Å². The van der Waals surface area contributed by atoms with Crippen LogP contribution in [0.2, 0.25) is 0 Å². The second-order valence-corrected chi connectivity index (χ2v) is 4.20. The number of halogens is 3. The topological polar surface area (TPSA) is 67.0 Å². The highest BCUT2D eigenvalue weighted by molar-refractivity contribution is 6.01. The molecule has 0 bridgehead atoms. The van der Waals surface area contributed by atoms with Crippen LogP contribution in [0.5, 0.6) is 0 Å². The van der Waals surface area contributed by atoms with Crippen LogP contribution in [-0.4, -0.2) is 35.0 Å². The van der Waals surface area contributed by atoms with Gasteiger partial charge >= 0.3 is 6.18 Å². The Kier molecular flexibility index (Phi) is 3.93. The number of alkyl halides is 3. The third-order valence-electron chi connectivity index (χ3n) is 2.60. The summed E-state index contributed by atoms with van der Waals surface area (Å²) in [5, 5.41) is 9.82. The number of carbonyl (C=O) groups excluding carboxylic acids is 1. The lowest BCUT2D eigenvalue weighted by molar-refractivity contribution is -0.184. The molecule has 0 saturated heterocycles. The van der Waals surface area contributed by atoms with Gasteiger partial charge in [0.1, 0.15) is 12.7 Å². The number of rotatable bonds is 4. The fraction of sp³-hybridized carbons (Fsp3) is 0.333. The van der Waals surface area contributed by atoms with Gasteiger partial charge in [0.15, 0.2) is 0 Å². The zero-order valence-corrected chi connectivity index (χ0v) is 10.5. The summed E-state index contributed by atoms with van der Waals surface area (Å²) < 4.78 is 40.5. The summed E-state index contributed by atoms with van der Waals surface area (Å²) >= 11 is 0. The van der Waals surface area contributed by atoms with E-state index < -0.39 is 24.8 Å². The van der Waals surface area contributed by atoms with E-state index in [-0.39, 0.29) is 0 Å². The monoisotopic (exact) mass is 287 g/mol. The smallest absolute Gasteiger partial charge is 0.359 e. The molecular weight excluding hydrogens is 275 g/mol. The van der Waals surface area contributed by atoms with Gasteiger partial charge in [0.25, 0.3) is 5.91 Å². The predicted octanol–water partition coefficient (Wildman–Crippen LogP) is 2.47. The summed E-state index contributed by atoms with van der Waals surface area (Å²) in [6.45, 7) is -0.204. The highest BCUT2D eigenvalue weighted by Crippen LogP contribution is 2.21. The number of anilines is 1. The summed E-state index contributed by atoms with van der Waals surface area (Å²) in [5.74, 6) is -0.656. The molecule has 0 fully saturated rings. The van der Waals surface area contributed by atoms with Gasteiger partial charge in [0.05, 0.1) is 17.4 Å². The van der Waals surface area contributed by atoms with Crippen molar-refractivity contribution in [1.82, 2.24) is 10.2 Å². The predicted molar refractivity (Wildman–Crippen MR) is 66.2 cm³/mol. The minimum absolute atomic E-state index is 0.437. The van der Waals surface area contributed by atoms with Gasteiger partial charge < -0.3 is 10.1 Å². The van der Waals surface area contributed by atoms with Gasteiger partial charge in [-0.05, 0) is 13.0 Å². The van der Waals surface area contributed by atoms with E-state index in [1.54, 1.807) is 24.4 Å². The van der Waals surface area contributed by atoms with Crippen LogP contribution in [0, 0.1) is 0 Å². The van der Waals surface area contributed by atoms with Crippen molar-refractivity contribution < 1.29 is 22.7 Å². The number of aromatic nitrogens is 2. The number of benzene rings is 1. The van der Waals surface area contributed by atoms with Crippen molar-refractivity contribution in [3.05, 3.63) is 24.4 Å². The average molecular weight is 287 g/mol. The number of para-hydroxylation sites is 1. The van der Waals surface area contributed by atoms with Crippen LogP contribution in [0.15, 0.2) is 24.4 Å². The molecule has 108 valence electrons. The van der Waals surface area contributed by atoms with Gasteiger partial charge in [-0.1, -0.05) is 12.1 Å². The van der Waals surface area contributed by atoms with Crippen molar-refractivity contribution in [3.8, 4) is 0 Å². The van der Waals surface area contributed by atoms with Crippen LogP contribution in [0.1, 0.15) is 6.92 Å². The second-order valence-electron chi connectivity index (χ2n) is 4.20. The average Bonchev–Trinajstić information content (AvgIpc) is 2.84. The molecule has 20 heavy (non-hydrogen) atoms. The van der Waals surface area contributed by atoms with Gasteiger partial charge in [-0.15, -0.1) is 0 Å². The Hall–Kier alpha value is -2.09. The zero-order chi connectivity index (χ0) is 14.8. The Morgan fingerprint density at radius 3 is 2.95 bits per heavy atom. The highest BCUT2D eigenvalue weighted by Gasteiger charge is 2.30. The molecule has 0 aliphatic carbocycles. The number of amides is 1. The maximum Gasteiger partial charge on any atom is 0.411 e. The Morgan fingerprint density at radius 2 is 2.25 bits per heavy atom. The van der Waals surface area contributed by atoms with Crippen molar-refractivity contribution >= 4 is 22.5 Å². The van der Waals surface area contributed by atoms with Crippen LogP contribution < -0.4 is 5.32 Å². The molecule has 2 aromatic rings. The molecule has 2 N–H and O–H groups in total. The fourth-order valence-corrected chi connectivity index (χ4v) is 1.60. The molecule has 0 radical (unpaired) electrons. The zero-order valence-electron chi connectivity index (χ0n) is 10.5. The lowest BCUT2D eigenvalue weighted by Gasteiger charge is -2.15. The van der Waals surface area contributed by atoms with Gasteiger partial charge in [0, 0.05) is 5.39 Å².